The topological polar surface area (TPSA) is 38.8 Å². The zero-order valence-corrected chi connectivity index (χ0v) is 15.1. The Morgan fingerprint density at radius 2 is 1.65 bits per heavy atom. The number of fused-ring (bicyclic) bond motifs is 2. The molecule has 130 valence electrons. The SMILES string of the molecule is O=P1(c2ccccc2)CN(Cc2ccc3c(c2)OCO3)c2ccccc21. The molecule has 1 unspecified atom stereocenters. The van der Waals surface area contributed by atoms with Gasteiger partial charge in [-0.2, -0.15) is 0 Å². The lowest BCUT2D eigenvalue weighted by Gasteiger charge is -2.20. The maximum atomic E-state index is 13.9. The van der Waals surface area contributed by atoms with Crippen molar-refractivity contribution in [3.05, 3.63) is 78.4 Å². The lowest BCUT2D eigenvalue weighted by Crippen LogP contribution is -2.21. The summed E-state index contributed by atoms with van der Waals surface area (Å²) < 4.78 is 24.8. The molecule has 3 aromatic rings. The highest BCUT2D eigenvalue weighted by atomic mass is 31.2. The maximum Gasteiger partial charge on any atom is 0.231 e. The standard InChI is InChI=1S/C21H18NO3P/c23-26(17-6-2-1-3-7-17)14-22(18-8-4-5-9-21(18)26)13-16-10-11-19-20(12-16)25-15-24-19/h1-12H,13-15H2. The largest absolute Gasteiger partial charge is 0.454 e. The first kappa shape index (κ1) is 15.5. The predicted molar refractivity (Wildman–Crippen MR) is 103 cm³/mol. The van der Waals surface area contributed by atoms with Crippen LogP contribution in [0.2, 0.25) is 0 Å². The fraction of sp³-hybridized carbons (Fsp3) is 0.143. The maximum absolute atomic E-state index is 13.9. The summed E-state index contributed by atoms with van der Waals surface area (Å²) in [4.78, 5) is 2.21. The van der Waals surface area contributed by atoms with Crippen molar-refractivity contribution in [1.82, 2.24) is 0 Å². The van der Waals surface area contributed by atoms with Gasteiger partial charge in [0.25, 0.3) is 0 Å². The van der Waals surface area contributed by atoms with E-state index in [-0.39, 0.29) is 6.79 Å². The summed E-state index contributed by atoms with van der Waals surface area (Å²) >= 11 is 0. The summed E-state index contributed by atoms with van der Waals surface area (Å²) in [5.41, 5.74) is 2.17. The molecule has 1 atom stereocenters. The van der Waals surface area contributed by atoms with Gasteiger partial charge >= 0.3 is 0 Å². The van der Waals surface area contributed by atoms with Gasteiger partial charge in [-0.3, -0.25) is 0 Å². The smallest absolute Gasteiger partial charge is 0.231 e. The van der Waals surface area contributed by atoms with Crippen molar-refractivity contribution in [2.45, 2.75) is 6.54 Å². The van der Waals surface area contributed by atoms with Crippen LogP contribution in [0.4, 0.5) is 5.69 Å². The number of nitrogens with zero attached hydrogens (tertiary/aromatic N) is 1. The quantitative estimate of drug-likeness (QED) is 0.665. The third-order valence-electron chi connectivity index (χ3n) is 4.97. The first-order valence-electron chi connectivity index (χ1n) is 8.62. The Hall–Kier alpha value is -2.71. The van der Waals surface area contributed by atoms with Gasteiger partial charge in [0, 0.05) is 22.8 Å². The minimum absolute atomic E-state index is 0.272. The Morgan fingerprint density at radius 1 is 0.885 bits per heavy atom. The van der Waals surface area contributed by atoms with E-state index in [1.165, 1.54) is 0 Å². The minimum Gasteiger partial charge on any atom is -0.454 e. The van der Waals surface area contributed by atoms with E-state index in [9.17, 15) is 4.57 Å². The van der Waals surface area contributed by atoms with Crippen molar-refractivity contribution in [3.8, 4) is 11.5 Å². The molecule has 0 aromatic heterocycles. The van der Waals surface area contributed by atoms with Gasteiger partial charge in [0.05, 0.1) is 6.29 Å². The van der Waals surface area contributed by atoms with Crippen LogP contribution in [0.1, 0.15) is 5.56 Å². The number of benzene rings is 3. The van der Waals surface area contributed by atoms with Gasteiger partial charge < -0.3 is 18.9 Å². The van der Waals surface area contributed by atoms with Gasteiger partial charge in [0.1, 0.15) is 0 Å². The van der Waals surface area contributed by atoms with Crippen molar-refractivity contribution < 1.29 is 14.0 Å². The first-order chi connectivity index (χ1) is 12.7. The van der Waals surface area contributed by atoms with E-state index in [0.717, 1.165) is 33.4 Å². The summed E-state index contributed by atoms with van der Waals surface area (Å²) in [6, 6.07) is 23.9. The Kier molecular flexibility index (Phi) is 3.54. The molecular weight excluding hydrogens is 345 g/mol. The molecule has 0 N–H and O–H groups in total. The third kappa shape index (κ3) is 2.41. The van der Waals surface area contributed by atoms with Crippen LogP contribution in [0.5, 0.6) is 11.5 Å². The van der Waals surface area contributed by atoms with Crippen molar-refractivity contribution in [2.24, 2.45) is 0 Å². The number of hydrogen-bond donors (Lipinski definition) is 0. The molecule has 0 fully saturated rings. The van der Waals surface area contributed by atoms with Gasteiger partial charge in [-0.15, -0.1) is 0 Å². The highest BCUT2D eigenvalue weighted by Gasteiger charge is 2.39. The number of anilines is 1. The summed E-state index contributed by atoms with van der Waals surface area (Å²) in [5.74, 6) is 1.56. The zero-order valence-electron chi connectivity index (χ0n) is 14.2. The van der Waals surface area contributed by atoms with Gasteiger partial charge in [-0.05, 0) is 29.8 Å². The molecule has 0 saturated heterocycles. The molecule has 0 spiro atoms. The van der Waals surface area contributed by atoms with Gasteiger partial charge in [0.15, 0.2) is 18.6 Å². The van der Waals surface area contributed by atoms with Crippen molar-refractivity contribution in [1.29, 1.82) is 0 Å². The molecule has 0 radical (unpaired) electrons. The third-order valence-corrected chi connectivity index (χ3v) is 7.99. The van der Waals surface area contributed by atoms with Crippen LogP contribution in [0.25, 0.3) is 0 Å². The number of rotatable bonds is 3. The van der Waals surface area contributed by atoms with Crippen LogP contribution >= 0.6 is 7.14 Å². The van der Waals surface area contributed by atoms with Crippen LogP contribution < -0.4 is 25.0 Å². The van der Waals surface area contributed by atoms with E-state index < -0.39 is 7.14 Å². The Labute approximate surface area is 152 Å². The lowest BCUT2D eigenvalue weighted by molar-refractivity contribution is 0.174. The number of hydrogen-bond acceptors (Lipinski definition) is 4. The molecule has 26 heavy (non-hydrogen) atoms. The van der Waals surface area contributed by atoms with Crippen LogP contribution in [-0.4, -0.2) is 13.1 Å². The summed E-state index contributed by atoms with van der Waals surface area (Å²) in [6.45, 7) is 0.957. The first-order valence-corrected chi connectivity index (χ1v) is 10.5. The normalized spacial score (nSPS) is 20.2. The average Bonchev–Trinajstić information content (AvgIpc) is 3.26. The molecular formula is C21H18NO3P. The Bertz CT molecular complexity index is 1020. The number of ether oxygens (including phenoxy) is 2. The molecule has 2 aliphatic rings. The summed E-state index contributed by atoms with van der Waals surface area (Å²) in [7, 11) is -2.65. The predicted octanol–water partition coefficient (Wildman–Crippen LogP) is 3.71. The minimum atomic E-state index is -2.65. The fourth-order valence-electron chi connectivity index (χ4n) is 3.71. The second-order valence-electron chi connectivity index (χ2n) is 6.59. The molecule has 0 aliphatic carbocycles. The van der Waals surface area contributed by atoms with Crippen molar-refractivity contribution in [2.75, 3.05) is 18.0 Å². The van der Waals surface area contributed by atoms with Gasteiger partial charge in [-0.25, -0.2) is 0 Å². The molecule has 5 rings (SSSR count). The molecule has 0 saturated carbocycles. The van der Waals surface area contributed by atoms with E-state index in [2.05, 4.69) is 11.0 Å². The fourth-order valence-corrected chi connectivity index (χ4v) is 6.61. The molecule has 3 aromatic carbocycles. The molecule has 0 amide bonds. The van der Waals surface area contributed by atoms with E-state index >= 15 is 0 Å². The molecule has 2 heterocycles. The van der Waals surface area contributed by atoms with Crippen LogP contribution in [0.15, 0.2) is 72.8 Å². The van der Waals surface area contributed by atoms with Crippen molar-refractivity contribution >= 4 is 23.4 Å². The van der Waals surface area contributed by atoms with Crippen LogP contribution in [0, 0.1) is 0 Å². The monoisotopic (exact) mass is 363 g/mol. The Morgan fingerprint density at radius 3 is 2.54 bits per heavy atom. The van der Waals surface area contributed by atoms with Crippen LogP contribution in [-0.2, 0) is 11.1 Å². The van der Waals surface area contributed by atoms with Gasteiger partial charge in [0.2, 0.25) is 6.79 Å². The Balaban J connectivity index is 1.52. The lowest BCUT2D eigenvalue weighted by atomic mass is 10.2. The summed E-state index contributed by atoms with van der Waals surface area (Å²) in [5, 5.41) is 1.87. The zero-order chi connectivity index (χ0) is 17.6. The number of para-hydroxylation sites is 1. The van der Waals surface area contributed by atoms with E-state index in [4.69, 9.17) is 9.47 Å². The molecule has 4 nitrogen and oxygen atoms in total. The highest BCUT2D eigenvalue weighted by Crippen LogP contribution is 2.52. The molecule has 5 heteroatoms. The second kappa shape index (κ2) is 5.93. The highest BCUT2D eigenvalue weighted by molar-refractivity contribution is 7.79. The van der Waals surface area contributed by atoms with Crippen LogP contribution in [0.3, 0.4) is 0 Å². The van der Waals surface area contributed by atoms with E-state index in [1.807, 2.05) is 66.7 Å². The van der Waals surface area contributed by atoms with Crippen molar-refractivity contribution in [3.63, 3.8) is 0 Å². The van der Waals surface area contributed by atoms with E-state index in [0.29, 0.717) is 12.8 Å². The molecule has 0 bridgehead atoms. The summed E-state index contributed by atoms with van der Waals surface area (Å²) in [6.07, 6.45) is 0.519. The van der Waals surface area contributed by atoms with E-state index in [1.54, 1.807) is 0 Å². The average molecular weight is 363 g/mol. The van der Waals surface area contributed by atoms with Gasteiger partial charge in [-0.1, -0.05) is 48.5 Å². The second-order valence-corrected chi connectivity index (χ2v) is 9.35. The molecule has 2 aliphatic heterocycles.